The van der Waals surface area contributed by atoms with Crippen LogP contribution < -0.4 is 5.73 Å². The first kappa shape index (κ1) is 15.7. The molecule has 0 amide bonds. The highest BCUT2D eigenvalue weighted by molar-refractivity contribution is 4.87. The van der Waals surface area contributed by atoms with E-state index in [0.29, 0.717) is 0 Å². The number of likely N-dealkylation sites (N-methyl/N-ethyl adjacent to an activating group) is 1. The molecule has 0 fully saturated rings. The van der Waals surface area contributed by atoms with Crippen molar-refractivity contribution in [3.05, 3.63) is 0 Å². The lowest BCUT2D eigenvalue weighted by Crippen LogP contribution is -2.58. The van der Waals surface area contributed by atoms with Gasteiger partial charge in [0.25, 0.3) is 0 Å². The third kappa shape index (κ3) is 4.27. The molecule has 16 heavy (non-hydrogen) atoms. The topological polar surface area (TPSA) is 38.5 Å². The van der Waals surface area contributed by atoms with Gasteiger partial charge in [-0.3, -0.25) is 4.90 Å². The fourth-order valence-corrected chi connectivity index (χ4v) is 1.91. The van der Waals surface area contributed by atoms with Crippen molar-refractivity contribution >= 4 is 0 Å². The number of rotatable bonds is 6. The van der Waals surface area contributed by atoms with Gasteiger partial charge in [-0.1, -0.05) is 6.92 Å². The molecule has 3 atom stereocenters. The molecule has 0 aliphatic heterocycles. The number of ether oxygens (including phenoxy) is 1. The quantitative estimate of drug-likeness (QED) is 0.769. The lowest BCUT2D eigenvalue weighted by Gasteiger charge is -2.38. The van der Waals surface area contributed by atoms with Crippen LogP contribution in [0.3, 0.4) is 0 Å². The Hall–Kier alpha value is -0.330. The molecule has 0 saturated carbocycles. The number of alkyl halides is 3. The van der Waals surface area contributed by atoms with Gasteiger partial charge >= 0.3 is 6.18 Å². The molecule has 0 aromatic carbocycles. The molecule has 0 rings (SSSR count). The van der Waals surface area contributed by atoms with E-state index < -0.39 is 18.3 Å². The van der Waals surface area contributed by atoms with Crippen LogP contribution in [0.15, 0.2) is 0 Å². The van der Waals surface area contributed by atoms with E-state index in [9.17, 15) is 13.2 Å². The first-order chi connectivity index (χ1) is 7.25. The molecule has 0 aromatic rings. The minimum absolute atomic E-state index is 0.257. The highest BCUT2D eigenvalue weighted by Gasteiger charge is 2.46. The molecular formula is C10H21F3N2O. The minimum Gasteiger partial charge on any atom is -0.383 e. The van der Waals surface area contributed by atoms with Crippen LogP contribution in [0.1, 0.15) is 20.8 Å². The fraction of sp³-hybridized carbons (Fsp3) is 1.00. The van der Waals surface area contributed by atoms with E-state index in [2.05, 4.69) is 0 Å². The summed E-state index contributed by atoms with van der Waals surface area (Å²) < 4.78 is 43.4. The van der Waals surface area contributed by atoms with Crippen LogP contribution in [0.25, 0.3) is 0 Å². The zero-order valence-electron chi connectivity index (χ0n) is 10.2. The van der Waals surface area contributed by atoms with E-state index in [1.807, 2.05) is 0 Å². The maximum absolute atomic E-state index is 12.8. The van der Waals surface area contributed by atoms with Gasteiger partial charge in [0.1, 0.15) is 6.04 Å². The minimum atomic E-state index is -4.31. The summed E-state index contributed by atoms with van der Waals surface area (Å²) >= 11 is 0. The second kappa shape index (κ2) is 6.42. The van der Waals surface area contributed by atoms with E-state index in [4.69, 9.17) is 10.5 Å². The van der Waals surface area contributed by atoms with Gasteiger partial charge in [-0.15, -0.1) is 0 Å². The van der Waals surface area contributed by atoms with Gasteiger partial charge in [0.2, 0.25) is 0 Å². The van der Waals surface area contributed by atoms with Crippen molar-refractivity contribution in [2.75, 3.05) is 20.3 Å². The molecular weight excluding hydrogens is 221 g/mol. The Balaban J connectivity index is 4.85. The number of hydrogen-bond donors (Lipinski definition) is 1. The molecule has 0 aromatic heterocycles. The van der Waals surface area contributed by atoms with E-state index >= 15 is 0 Å². The largest absolute Gasteiger partial charge is 0.405 e. The molecule has 3 unspecified atom stereocenters. The van der Waals surface area contributed by atoms with Crippen LogP contribution >= 0.6 is 0 Å². The van der Waals surface area contributed by atoms with Gasteiger partial charge in [0.15, 0.2) is 0 Å². The molecule has 2 N–H and O–H groups in total. The van der Waals surface area contributed by atoms with Gasteiger partial charge in [-0.25, -0.2) is 0 Å². The third-order valence-electron chi connectivity index (χ3n) is 2.53. The van der Waals surface area contributed by atoms with E-state index in [1.165, 1.54) is 18.9 Å². The summed E-state index contributed by atoms with van der Waals surface area (Å²) in [5.41, 5.74) is 5.43. The fourth-order valence-electron chi connectivity index (χ4n) is 1.91. The molecule has 3 nitrogen and oxygen atoms in total. The molecule has 0 spiro atoms. The molecule has 0 bridgehead atoms. The predicted octanol–water partition coefficient (Wildman–Crippen LogP) is 1.62. The second-order valence-corrected chi connectivity index (χ2v) is 3.98. The Kier molecular flexibility index (Phi) is 6.28. The number of hydrogen-bond acceptors (Lipinski definition) is 3. The summed E-state index contributed by atoms with van der Waals surface area (Å²) in [6.07, 6.45) is -4.31. The van der Waals surface area contributed by atoms with Crippen molar-refractivity contribution in [1.29, 1.82) is 0 Å². The molecule has 0 saturated heterocycles. The van der Waals surface area contributed by atoms with Crippen LogP contribution in [0.2, 0.25) is 0 Å². The average Bonchev–Trinajstić information content (AvgIpc) is 2.11. The van der Waals surface area contributed by atoms with Gasteiger partial charge in [-0.05, 0) is 20.4 Å². The SMILES string of the molecule is CCN(C(C)COC)C(C(C)N)C(F)(F)F. The highest BCUT2D eigenvalue weighted by atomic mass is 19.4. The summed E-state index contributed by atoms with van der Waals surface area (Å²) in [4.78, 5) is 1.33. The second-order valence-electron chi connectivity index (χ2n) is 3.98. The number of halogens is 3. The summed E-state index contributed by atoms with van der Waals surface area (Å²) in [5.74, 6) is 0. The Morgan fingerprint density at radius 2 is 1.81 bits per heavy atom. The Labute approximate surface area is 94.7 Å². The highest BCUT2D eigenvalue weighted by Crippen LogP contribution is 2.28. The van der Waals surface area contributed by atoms with E-state index in [0.717, 1.165) is 0 Å². The maximum Gasteiger partial charge on any atom is 0.405 e. The average molecular weight is 242 g/mol. The van der Waals surface area contributed by atoms with Crippen molar-refractivity contribution < 1.29 is 17.9 Å². The summed E-state index contributed by atoms with van der Waals surface area (Å²) in [6, 6.07) is -2.89. The van der Waals surface area contributed by atoms with Gasteiger partial charge < -0.3 is 10.5 Å². The third-order valence-corrected chi connectivity index (χ3v) is 2.53. The Bertz CT molecular complexity index is 197. The standard InChI is InChI=1S/C10H21F3N2O/c1-5-15(7(2)6-16-4)9(8(3)14)10(11,12)13/h7-9H,5-6,14H2,1-4H3. The van der Waals surface area contributed by atoms with Crippen LogP contribution in [-0.2, 0) is 4.74 Å². The first-order valence-corrected chi connectivity index (χ1v) is 5.32. The van der Waals surface area contributed by atoms with E-state index in [1.54, 1.807) is 13.8 Å². The maximum atomic E-state index is 12.8. The summed E-state index contributed by atoms with van der Waals surface area (Å²) in [6.45, 7) is 5.31. The first-order valence-electron chi connectivity index (χ1n) is 5.32. The summed E-state index contributed by atoms with van der Waals surface area (Å²) in [7, 11) is 1.47. The Morgan fingerprint density at radius 1 is 1.31 bits per heavy atom. The summed E-state index contributed by atoms with van der Waals surface area (Å²) in [5, 5.41) is 0. The zero-order valence-corrected chi connectivity index (χ0v) is 10.2. The molecule has 6 heteroatoms. The lowest BCUT2D eigenvalue weighted by atomic mass is 10.1. The molecule has 0 aliphatic rings. The van der Waals surface area contributed by atoms with E-state index in [-0.39, 0.29) is 19.2 Å². The normalized spacial score (nSPS) is 18.6. The predicted molar refractivity (Wildman–Crippen MR) is 57.2 cm³/mol. The van der Waals surface area contributed by atoms with Crippen LogP contribution in [0, 0.1) is 0 Å². The van der Waals surface area contributed by atoms with Gasteiger partial charge in [0, 0.05) is 19.2 Å². The molecule has 0 heterocycles. The van der Waals surface area contributed by atoms with Crippen molar-refractivity contribution in [1.82, 2.24) is 4.90 Å². The molecule has 0 aliphatic carbocycles. The molecule has 0 radical (unpaired) electrons. The van der Waals surface area contributed by atoms with Gasteiger partial charge in [-0.2, -0.15) is 13.2 Å². The van der Waals surface area contributed by atoms with Crippen molar-refractivity contribution in [3.8, 4) is 0 Å². The molecule has 98 valence electrons. The van der Waals surface area contributed by atoms with Crippen molar-refractivity contribution in [2.45, 2.75) is 45.1 Å². The van der Waals surface area contributed by atoms with Crippen LogP contribution in [0.5, 0.6) is 0 Å². The lowest BCUT2D eigenvalue weighted by molar-refractivity contribution is -0.194. The van der Waals surface area contributed by atoms with Crippen LogP contribution in [-0.4, -0.2) is 49.5 Å². The van der Waals surface area contributed by atoms with Crippen molar-refractivity contribution in [3.63, 3.8) is 0 Å². The van der Waals surface area contributed by atoms with Crippen molar-refractivity contribution in [2.24, 2.45) is 5.73 Å². The monoisotopic (exact) mass is 242 g/mol. The van der Waals surface area contributed by atoms with Crippen LogP contribution in [0.4, 0.5) is 13.2 Å². The number of nitrogens with two attached hydrogens (primary N) is 1. The smallest absolute Gasteiger partial charge is 0.383 e. The number of methoxy groups -OCH3 is 1. The number of nitrogens with zero attached hydrogens (tertiary/aromatic N) is 1. The zero-order chi connectivity index (χ0) is 12.9. The van der Waals surface area contributed by atoms with Gasteiger partial charge in [0.05, 0.1) is 6.61 Å². The Morgan fingerprint density at radius 3 is 2.06 bits per heavy atom.